The van der Waals surface area contributed by atoms with Crippen molar-refractivity contribution < 1.29 is 32.2 Å². The fraction of sp³-hybridized carbons (Fsp3) is 0.512. The Morgan fingerprint density at radius 1 is 0.951 bits per heavy atom. The number of nitrogens with one attached hydrogen (secondary N) is 4. The molecule has 0 spiro atoms. The Hall–Kier alpha value is -5.24. The van der Waals surface area contributed by atoms with Crippen LogP contribution in [0.2, 0.25) is 5.02 Å². The van der Waals surface area contributed by atoms with E-state index in [9.17, 15) is 18.0 Å². The number of rotatable bonds is 16. The second kappa shape index (κ2) is 20.1. The predicted octanol–water partition coefficient (Wildman–Crippen LogP) is 5.55. The molecular weight excluding hydrogens is 826 g/mol. The van der Waals surface area contributed by atoms with Crippen LogP contribution >= 0.6 is 11.6 Å². The van der Waals surface area contributed by atoms with Gasteiger partial charge in [-0.1, -0.05) is 18.5 Å². The van der Waals surface area contributed by atoms with Gasteiger partial charge in [-0.15, -0.1) is 0 Å². The van der Waals surface area contributed by atoms with Crippen LogP contribution in [0.15, 0.2) is 42.9 Å². The lowest BCUT2D eigenvalue weighted by atomic mass is 9.99. The Balaban J connectivity index is 1.02. The van der Waals surface area contributed by atoms with E-state index in [1.54, 1.807) is 19.2 Å². The Kier molecular flexibility index (Phi) is 14.9. The number of piperazine rings is 1. The van der Waals surface area contributed by atoms with Gasteiger partial charge in [0.05, 0.1) is 61.8 Å². The first-order chi connectivity index (χ1) is 29.1. The van der Waals surface area contributed by atoms with E-state index in [-0.39, 0.29) is 28.4 Å². The van der Waals surface area contributed by atoms with Gasteiger partial charge in [0, 0.05) is 76.0 Å². The van der Waals surface area contributed by atoms with Crippen molar-refractivity contribution in [3.63, 3.8) is 0 Å². The number of hydrogen-bond donors (Lipinski definition) is 4. The summed E-state index contributed by atoms with van der Waals surface area (Å²) in [4.78, 5) is 49.2. The zero-order valence-corrected chi connectivity index (χ0v) is 37.2. The molecule has 6 rings (SSSR count). The van der Waals surface area contributed by atoms with E-state index in [1.165, 1.54) is 18.6 Å². The topological polar surface area (TPSA) is 205 Å². The Labute approximate surface area is 362 Å². The number of benzene rings is 2. The molecule has 2 aliphatic heterocycles. The van der Waals surface area contributed by atoms with E-state index in [0.29, 0.717) is 73.5 Å². The van der Waals surface area contributed by atoms with Crippen LogP contribution in [-0.2, 0) is 30.7 Å². The average molecular weight is 882 g/mol. The molecule has 2 aromatic heterocycles. The number of carbonyl (C=O) groups is 2. The minimum Gasteiger partial charge on any atom is -0.494 e. The van der Waals surface area contributed by atoms with Gasteiger partial charge in [0.1, 0.15) is 21.9 Å². The van der Waals surface area contributed by atoms with Crippen molar-refractivity contribution in [3.05, 3.63) is 53.4 Å². The second-order valence-electron chi connectivity index (χ2n) is 15.9. The summed E-state index contributed by atoms with van der Waals surface area (Å²) in [5.41, 5.74) is 3.84. The average Bonchev–Trinajstić information content (AvgIpc) is 3.23. The Morgan fingerprint density at radius 2 is 1.69 bits per heavy atom. The molecule has 330 valence electrons. The molecule has 0 saturated carbocycles. The van der Waals surface area contributed by atoms with Gasteiger partial charge in [-0.05, 0) is 63.8 Å². The van der Waals surface area contributed by atoms with Crippen molar-refractivity contribution in [1.29, 1.82) is 0 Å². The quantitative estimate of drug-likeness (QED) is 0.102. The van der Waals surface area contributed by atoms with E-state index in [4.69, 9.17) is 25.8 Å². The van der Waals surface area contributed by atoms with Crippen molar-refractivity contribution in [2.45, 2.75) is 65.0 Å². The zero-order valence-electron chi connectivity index (χ0n) is 35.6. The summed E-state index contributed by atoms with van der Waals surface area (Å²) in [5, 5.41) is 9.31. The fourth-order valence-electron chi connectivity index (χ4n) is 7.42. The second-order valence-corrected chi connectivity index (χ2v) is 18.0. The van der Waals surface area contributed by atoms with Gasteiger partial charge in [0.25, 0.3) is 0 Å². The van der Waals surface area contributed by atoms with Gasteiger partial charge in [0.2, 0.25) is 21.9 Å². The van der Waals surface area contributed by atoms with Gasteiger partial charge in [-0.3, -0.25) is 24.4 Å². The molecule has 20 heteroatoms. The molecule has 4 aromatic rings. The van der Waals surface area contributed by atoms with Crippen LogP contribution in [0, 0.1) is 0 Å². The maximum atomic E-state index is 12.9. The van der Waals surface area contributed by atoms with Gasteiger partial charge in [-0.25, -0.2) is 18.2 Å². The minimum absolute atomic E-state index is 0.0862. The third kappa shape index (κ3) is 12.4. The number of halogens is 1. The van der Waals surface area contributed by atoms with Crippen LogP contribution in [0.3, 0.4) is 0 Å². The molecular formula is C41H56ClN11O7S. The highest BCUT2D eigenvalue weighted by Gasteiger charge is 2.30. The fourth-order valence-corrected chi connectivity index (χ4v) is 8.13. The number of nitrogens with zero attached hydrogens (tertiary/aromatic N) is 7. The molecule has 2 saturated heterocycles. The van der Waals surface area contributed by atoms with Crippen molar-refractivity contribution in [2.24, 2.45) is 0 Å². The highest BCUT2D eigenvalue weighted by Crippen LogP contribution is 2.38. The maximum Gasteiger partial charge on any atom is 0.407 e. The number of aryl methyl sites for hydroxylation is 1. The molecule has 0 radical (unpaired) electrons. The predicted molar refractivity (Wildman–Crippen MR) is 237 cm³/mol. The summed E-state index contributed by atoms with van der Waals surface area (Å²) in [6.07, 6.45) is 8.15. The highest BCUT2D eigenvalue weighted by atomic mass is 35.5. The zero-order chi connectivity index (χ0) is 43.7. The number of ether oxygens (including phenoxy) is 3. The molecule has 4 N–H and O–H groups in total. The molecule has 0 atom stereocenters. The summed E-state index contributed by atoms with van der Waals surface area (Å²) in [5.74, 6) is 1.20. The summed E-state index contributed by atoms with van der Waals surface area (Å²) in [6.45, 7) is 13.3. The van der Waals surface area contributed by atoms with E-state index >= 15 is 0 Å². The standard InChI is InChI=1S/C41H56ClN11O7S/c1-7-27-24-32(48-39-46-26-29(42)38(49-39)47-31-9-8-30-36(44-14-13-43-30)37(31)50-61(6,56)57)34(58-5)25-33(27)52-16-10-28(11-17-52)51-18-20-53(21-19-51)35(54)12-22-59-23-15-45-40(55)60-41(2,3)4/h8-9,13-14,24-26,28,50H,7,10-12,15-23H2,1-6H3,(H,45,55)(H2,46,47,48,49). The molecule has 18 nitrogen and oxygen atoms in total. The van der Waals surface area contributed by atoms with E-state index < -0.39 is 21.7 Å². The molecule has 2 amide bonds. The summed E-state index contributed by atoms with van der Waals surface area (Å²) >= 11 is 6.55. The number of hydrogen-bond acceptors (Lipinski definition) is 15. The number of alkyl carbamates (subject to hydrolysis) is 1. The normalized spacial score (nSPS) is 15.4. The Morgan fingerprint density at radius 3 is 2.38 bits per heavy atom. The van der Waals surface area contributed by atoms with Crippen molar-refractivity contribution in [3.8, 4) is 5.75 Å². The first-order valence-corrected chi connectivity index (χ1v) is 22.7. The number of aromatic nitrogens is 4. The number of methoxy groups -OCH3 is 1. The highest BCUT2D eigenvalue weighted by molar-refractivity contribution is 7.92. The van der Waals surface area contributed by atoms with Crippen LogP contribution in [-0.4, -0.2) is 134 Å². The lowest BCUT2D eigenvalue weighted by Crippen LogP contribution is -2.54. The smallest absolute Gasteiger partial charge is 0.407 e. The van der Waals surface area contributed by atoms with Crippen molar-refractivity contribution in [2.75, 3.05) is 92.6 Å². The third-order valence-corrected chi connectivity index (χ3v) is 11.2. The third-order valence-electron chi connectivity index (χ3n) is 10.3. The number of amides is 2. The largest absolute Gasteiger partial charge is 0.494 e. The number of carbonyl (C=O) groups excluding carboxylic acids is 2. The Bertz CT molecular complexity index is 2280. The molecule has 0 unspecified atom stereocenters. The number of piperidine rings is 1. The van der Waals surface area contributed by atoms with Gasteiger partial charge in [0.15, 0.2) is 5.82 Å². The number of sulfonamides is 1. The number of anilines is 6. The van der Waals surface area contributed by atoms with E-state index in [1.807, 2.05) is 25.7 Å². The van der Waals surface area contributed by atoms with Crippen LogP contribution in [0.5, 0.6) is 5.75 Å². The minimum atomic E-state index is -3.67. The molecule has 0 aliphatic carbocycles. The SMILES string of the molecule is CCc1cc(Nc2ncc(Cl)c(Nc3ccc4nccnc4c3NS(C)(=O)=O)n2)c(OC)cc1N1CCC(N2CCN(C(=O)CCOCCNC(=O)OC(C)(C)C)CC2)CC1. The van der Waals surface area contributed by atoms with Crippen LogP contribution in [0.25, 0.3) is 11.0 Å². The molecule has 61 heavy (non-hydrogen) atoms. The lowest BCUT2D eigenvalue weighted by Gasteiger charge is -2.43. The van der Waals surface area contributed by atoms with Crippen molar-refractivity contribution in [1.82, 2.24) is 35.1 Å². The van der Waals surface area contributed by atoms with Crippen molar-refractivity contribution >= 4 is 79.2 Å². The van der Waals surface area contributed by atoms with E-state index in [0.717, 1.165) is 62.9 Å². The van der Waals surface area contributed by atoms with Gasteiger partial charge >= 0.3 is 6.09 Å². The summed E-state index contributed by atoms with van der Waals surface area (Å²) < 4.78 is 43.8. The number of fused-ring (bicyclic) bond motifs is 1. The van der Waals surface area contributed by atoms with Crippen LogP contribution < -0.4 is 30.3 Å². The van der Waals surface area contributed by atoms with E-state index in [2.05, 4.69) is 69.5 Å². The monoisotopic (exact) mass is 881 g/mol. The molecule has 2 aliphatic rings. The molecule has 0 bridgehead atoms. The first kappa shape index (κ1) is 45.3. The first-order valence-electron chi connectivity index (χ1n) is 20.4. The van der Waals surface area contributed by atoms with Crippen LogP contribution in [0.4, 0.5) is 39.3 Å². The van der Waals surface area contributed by atoms with Gasteiger partial charge < -0.3 is 40.0 Å². The van der Waals surface area contributed by atoms with Gasteiger partial charge in [-0.2, -0.15) is 4.98 Å². The molecule has 4 heterocycles. The lowest BCUT2D eigenvalue weighted by molar-refractivity contribution is -0.134. The maximum absolute atomic E-state index is 12.9. The summed E-state index contributed by atoms with van der Waals surface area (Å²) in [6, 6.07) is 7.95. The molecule has 2 fully saturated rings. The van der Waals surface area contributed by atoms with Crippen LogP contribution in [0.1, 0.15) is 52.5 Å². The molecule has 2 aromatic carbocycles. The summed E-state index contributed by atoms with van der Waals surface area (Å²) in [7, 11) is -2.04.